The van der Waals surface area contributed by atoms with Crippen molar-refractivity contribution in [2.45, 2.75) is 39.7 Å². The first-order chi connectivity index (χ1) is 13.9. The van der Waals surface area contributed by atoms with Crippen molar-refractivity contribution in [1.82, 2.24) is 19.9 Å². The molecule has 4 N–H and O–H groups in total. The number of ketones is 1. The van der Waals surface area contributed by atoms with E-state index in [4.69, 9.17) is 5.73 Å². The van der Waals surface area contributed by atoms with Crippen molar-refractivity contribution in [3.05, 3.63) is 47.9 Å². The number of urea groups is 1. The molecule has 0 saturated carbocycles. The zero-order valence-electron chi connectivity index (χ0n) is 16.9. The SMILES string of the molecule is CCCCNC(=O)Nc1cccc(C(=O)c2cn(C(C)C)c3ncnc(N)c23)c1. The van der Waals surface area contributed by atoms with E-state index in [1.807, 2.05) is 18.4 Å². The van der Waals surface area contributed by atoms with Gasteiger partial charge in [0.05, 0.1) is 10.9 Å². The highest BCUT2D eigenvalue weighted by molar-refractivity contribution is 6.18. The van der Waals surface area contributed by atoms with E-state index in [-0.39, 0.29) is 23.7 Å². The molecule has 3 aromatic rings. The summed E-state index contributed by atoms with van der Waals surface area (Å²) >= 11 is 0. The van der Waals surface area contributed by atoms with E-state index in [0.29, 0.717) is 34.4 Å². The predicted molar refractivity (Wildman–Crippen MR) is 114 cm³/mol. The first-order valence-corrected chi connectivity index (χ1v) is 9.73. The molecule has 2 amide bonds. The van der Waals surface area contributed by atoms with Gasteiger partial charge in [0.15, 0.2) is 5.78 Å². The predicted octanol–water partition coefficient (Wildman–Crippen LogP) is 3.75. The molecular formula is C21H26N6O2. The number of unbranched alkanes of at least 4 members (excludes halogenated alkanes) is 1. The van der Waals surface area contributed by atoms with Crippen LogP contribution in [-0.2, 0) is 0 Å². The van der Waals surface area contributed by atoms with Crippen LogP contribution in [-0.4, -0.2) is 32.9 Å². The topological polar surface area (TPSA) is 115 Å². The van der Waals surface area contributed by atoms with Gasteiger partial charge in [0.1, 0.15) is 17.8 Å². The summed E-state index contributed by atoms with van der Waals surface area (Å²) in [5, 5.41) is 6.09. The van der Waals surface area contributed by atoms with E-state index < -0.39 is 0 Å². The maximum Gasteiger partial charge on any atom is 0.319 e. The Morgan fingerprint density at radius 1 is 1.24 bits per heavy atom. The van der Waals surface area contributed by atoms with Crippen LogP contribution in [0, 0.1) is 0 Å². The van der Waals surface area contributed by atoms with E-state index in [1.165, 1.54) is 6.33 Å². The van der Waals surface area contributed by atoms with Gasteiger partial charge in [-0.25, -0.2) is 14.8 Å². The summed E-state index contributed by atoms with van der Waals surface area (Å²) in [5.41, 5.74) is 8.11. The van der Waals surface area contributed by atoms with Crippen molar-refractivity contribution in [3.8, 4) is 0 Å². The average Bonchev–Trinajstić information content (AvgIpc) is 3.09. The van der Waals surface area contributed by atoms with Crippen LogP contribution in [0.15, 0.2) is 36.8 Å². The van der Waals surface area contributed by atoms with Crippen molar-refractivity contribution in [2.75, 3.05) is 17.6 Å². The van der Waals surface area contributed by atoms with Crippen LogP contribution in [0.4, 0.5) is 16.3 Å². The molecule has 0 aliphatic heterocycles. The number of nitrogens with one attached hydrogen (secondary N) is 2. The molecule has 152 valence electrons. The third-order valence-corrected chi connectivity index (χ3v) is 4.64. The van der Waals surface area contributed by atoms with Gasteiger partial charge in [0, 0.05) is 30.0 Å². The highest BCUT2D eigenvalue weighted by Gasteiger charge is 2.21. The highest BCUT2D eigenvalue weighted by Crippen LogP contribution is 2.28. The summed E-state index contributed by atoms with van der Waals surface area (Å²) in [4.78, 5) is 33.6. The minimum Gasteiger partial charge on any atom is -0.383 e. The molecular weight excluding hydrogens is 368 g/mol. The van der Waals surface area contributed by atoms with E-state index in [9.17, 15) is 9.59 Å². The second-order valence-corrected chi connectivity index (χ2v) is 7.15. The molecule has 0 aliphatic carbocycles. The molecule has 3 rings (SSSR count). The van der Waals surface area contributed by atoms with Gasteiger partial charge in [-0.15, -0.1) is 0 Å². The number of fused-ring (bicyclic) bond motifs is 1. The van der Waals surface area contributed by atoms with E-state index in [2.05, 4.69) is 27.5 Å². The maximum absolute atomic E-state index is 13.2. The fraction of sp³-hybridized carbons (Fsp3) is 0.333. The van der Waals surface area contributed by atoms with Crippen molar-refractivity contribution < 1.29 is 9.59 Å². The first kappa shape index (κ1) is 20.3. The molecule has 0 unspecified atom stereocenters. The number of anilines is 2. The quantitative estimate of drug-likeness (QED) is 0.417. The Bertz CT molecular complexity index is 1040. The number of carbonyl (C=O) groups is 2. The third-order valence-electron chi connectivity index (χ3n) is 4.64. The summed E-state index contributed by atoms with van der Waals surface area (Å²) in [5.74, 6) is 0.0632. The second-order valence-electron chi connectivity index (χ2n) is 7.15. The molecule has 0 bridgehead atoms. The number of rotatable bonds is 7. The molecule has 0 aliphatic rings. The Morgan fingerprint density at radius 3 is 2.76 bits per heavy atom. The first-order valence-electron chi connectivity index (χ1n) is 9.73. The monoisotopic (exact) mass is 394 g/mol. The summed E-state index contributed by atoms with van der Waals surface area (Å²) in [6.07, 6.45) is 5.07. The Hall–Kier alpha value is -3.42. The number of nitrogens with zero attached hydrogens (tertiary/aromatic N) is 3. The summed E-state index contributed by atoms with van der Waals surface area (Å²) in [6, 6.07) is 6.65. The number of aromatic nitrogens is 3. The van der Waals surface area contributed by atoms with E-state index in [0.717, 1.165) is 12.8 Å². The smallest absolute Gasteiger partial charge is 0.319 e. The molecule has 8 nitrogen and oxygen atoms in total. The molecule has 8 heteroatoms. The molecule has 29 heavy (non-hydrogen) atoms. The number of nitrogens with two attached hydrogens (primary N) is 1. The zero-order valence-corrected chi connectivity index (χ0v) is 16.9. The Balaban J connectivity index is 1.91. The van der Waals surface area contributed by atoms with Crippen LogP contribution in [0.1, 0.15) is 55.6 Å². The minimum absolute atomic E-state index is 0.105. The molecule has 0 saturated heterocycles. The Morgan fingerprint density at radius 2 is 2.03 bits per heavy atom. The van der Waals surface area contributed by atoms with Crippen LogP contribution >= 0.6 is 0 Å². The number of hydrogen-bond donors (Lipinski definition) is 3. The van der Waals surface area contributed by atoms with Crippen molar-refractivity contribution >= 4 is 34.4 Å². The van der Waals surface area contributed by atoms with Crippen molar-refractivity contribution in [2.24, 2.45) is 0 Å². The molecule has 0 atom stereocenters. The van der Waals surface area contributed by atoms with Crippen LogP contribution in [0.3, 0.4) is 0 Å². The maximum atomic E-state index is 13.2. The number of hydrogen-bond acceptors (Lipinski definition) is 5. The summed E-state index contributed by atoms with van der Waals surface area (Å²) < 4.78 is 1.91. The van der Waals surface area contributed by atoms with E-state index >= 15 is 0 Å². The molecule has 0 radical (unpaired) electrons. The fourth-order valence-electron chi connectivity index (χ4n) is 3.12. The third kappa shape index (κ3) is 4.37. The number of amides is 2. The van der Waals surface area contributed by atoms with Gasteiger partial charge < -0.3 is 20.9 Å². The normalized spacial score (nSPS) is 11.0. The van der Waals surface area contributed by atoms with E-state index in [1.54, 1.807) is 30.5 Å². The largest absolute Gasteiger partial charge is 0.383 e. The van der Waals surface area contributed by atoms with Crippen LogP contribution < -0.4 is 16.4 Å². The van der Waals surface area contributed by atoms with Crippen LogP contribution in [0.5, 0.6) is 0 Å². The van der Waals surface area contributed by atoms with Gasteiger partial charge in [0.2, 0.25) is 0 Å². The van der Waals surface area contributed by atoms with Crippen LogP contribution in [0.25, 0.3) is 11.0 Å². The molecule has 0 spiro atoms. The molecule has 2 heterocycles. The average molecular weight is 394 g/mol. The van der Waals surface area contributed by atoms with Gasteiger partial charge in [-0.05, 0) is 32.4 Å². The summed E-state index contributed by atoms with van der Waals surface area (Å²) in [6.45, 7) is 6.68. The Labute approximate surface area is 169 Å². The Kier molecular flexibility index (Phi) is 6.11. The van der Waals surface area contributed by atoms with Gasteiger partial charge in [0.25, 0.3) is 0 Å². The lowest BCUT2D eigenvalue weighted by Crippen LogP contribution is -2.29. The molecule has 0 fully saturated rings. The molecule has 1 aromatic carbocycles. The van der Waals surface area contributed by atoms with Gasteiger partial charge in [-0.1, -0.05) is 25.5 Å². The highest BCUT2D eigenvalue weighted by atomic mass is 16.2. The van der Waals surface area contributed by atoms with Crippen LogP contribution in [0.2, 0.25) is 0 Å². The van der Waals surface area contributed by atoms with Crippen molar-refractivity contribution in [1.29, 1.82) is 0 Å². The fourth-order valence-corrected chi connectivity index (χ4v) is 3.12. The van der Waals surface area contributed by atoms with Gasteiger partial charge in [-0.2, -0.15) is 0 Å². The van der Waals surface area contributed by atoms with Gasteiger partial charge in [-0.3, -0.25) is 4.79 Å². The lowest BCUT2D eigenvalue weighted by Gasteiger charge is -2.08. The number of nitrogen functional groups attached to an aromatic ring is 1. The zero-order chi connectivity index (χ0) is 21.0. The lowest BCUT2D eigenvalue weighted by atomic mass is 10.0. The standard InChI is InChI=1S/C21H26N6O2/c1-4-5-9-23-21(29)26-15-8-6-7-14(10-15)18(28)16-11-27(13(2)3)20-17(16)19(22)24-12-25-20/h6-8,10-13H,4-5,9H2,1-3H3,(H2,22,24,25)(H2,23,26,29). The number of benzene rings is 1. The second kappa shape index (κ2) is 8.72. The number of carbonyl (C=O) groups excluding carboxylic acids is 2. The minimum atomic E-state index is -0.294. The van der Waals surface area contributed by atoms with Crippen molar-refractivity contribution in [3.63, 3.8) is 0 Å². The molecule has 2 aromatic heterocycles. The summed E-state index contributed by atoms with van der Waals surface area (Å²) in [7, 11) is 0. The van der Waals surface area contributed by atoms with Gasteiger partial charge >= 0.3 is 6.03 Å². The lowest BCUT2D eigenvalue weighted by molar-refractivity contribution is 0.104.